The maximum Gasteiger partial charge on any atom is 0.338 e. The molecule has 1 aromatic carbocycles. The van der Waals surface area contributed by atoms with E-state index in [9.17, 15) is 14.4 Å². The summed E-state index contributed by atoms with van der Waals surface area (Å²) in [6.07, 6.45) is 0. The number of ether oxygens (including phenoxy) is 2. The van der Waals surface area contributed by atoms with Gasteiger partial charge in [-0.15, -0.1) is 0 Å². The van der Waals surface area contributed by atoms with Crippen LogP contribution in [-0.2, 0) is 9.47 Å². The number of benzene rings is 1. The summed E-state index contributed by atoms with van der Waals surface area (Å²) in [4.78, 5) is 33.8. The molecule has 1 rings (SSSR count). The van der Waals surface area contributed by atoms with Crippen LogP contribution in [0.5, 0.6) is 0 Å². The Hall–Kier alpha value is -1.88. The van der Waals surface area contributed by atoms with E-state index < -0.39 is 17.2 Å². The minimum atomic E-state index is -0.745. The van der Waals surface area contributed by atoms with Crippen molar-refractivity contribution in [3.63, 3.8) is 0 Å². The summed E-state index contributed by atoms with van der Waals surface area (Å²) in [6, 6.07) is 3.80. The number of rotatable bonds is 3. The molecule has 0 unspecified atom stereocenters. The van der Waals surface area contributed by atoms with Gasteiger partial charge in [-0.05, 0) is 29.8 Å². The molecular formula is C11H9ClO5. The third-order valence-electron chi connectivity index (χ3n) is 2.06. The molecule has 17 heavy (non-hydrogen) atoms. The Kier molecular flexibility index (Phi) is 4.23. The van der Waals surface area contributed by atoms with Crippen LogP contribution in [0.25, 0.3) is 0 Å². The lowest BCUT2D eigenvalue weighted by Gasteiger charge is -2.07. The van der Waals surface area contributed by atoms with Crippen LogP contribution >= 0.6 is 11.6 Å². The van der Waals surface area contributed by atoms with E-state index in [-0.39, 0.29) is 16.7 Å². The summed E-state index contributed by atoms with van der Waals surface area (Å²) >= 11 is 5.28. The minimum Gasteiger partial charge on any atom is -0.465 e. The van der Waals surface area contributed by atoms with Crippen molar-refractivity contribution < 1.29 is 23.9 Å². The van der Waals surface area contributed by atoms with E-state index in [1.54, 1.807) is 0 Å². The standard InChI is InChI=1S/C11H9ClO5/c1-16-10(14)7-4-3-6(9(12)13)5-8(7)11(15)17-2/h3-5H,1-2H3. The second-order valence-corrected chi connectivity index (χ2v) is 3.36. The molecule has 0 spiro atoms. The van der Waals surface area contributed by atoms with Crippen molar-refractivity contribution in [2.45, 2.75) is 0 Å². The van der Waals surface area contributed by atoms with Crippen molar-refractivity contribution in [1.82, 2.24) is 0 Å². The topological polar surface area (TPSA) is 69.7 Å². The van der Waals surface area contributed by atoms with E-state index in [4.69, 9.17) is 11.6 Å². The van der Waals surface area contributed by atoms with Crippen LogP contribution in [0.1, 0.15) is 31.1 Å². The van der Waals surface area contributed by atoms with Crippen LogP contribution in [0.4, 0.5) is 0 Å². The second-order valence-electron chi connectivity index (χ2n) is 3.02. The average Bonchev–Trinajstić information content (AvgIpc) is 2.35. The Labute approximate surface area is 102 Å². The fraction of sp³-hybridized carbons (Fsp3) is 0.182. The molecule has 0 fully saturated rings. The number of carbonyl (C=O) groups excluding carboxylic acids is 3. The van der Waals surface area contributed by atoms with Crippen LogP contribution in [0.2, 0.25) is 0 Å². The van der Waals surface area contributed by atoms with Gasteiger partial charge in [0.15, 0.2) is 0 Å². The fourth-order valence-corrected chi connectivity index (χ4v) is 1.35. The molecule has 0 bridgehead atoms. The molecule has 0 aliphatic carbocycles. The van der Waals surface area contributed by atoms with Crippen molar-refractivity contribution in [2.24, 2.45) is 0 Å². The summed E-state index contributed by atoms with van der Waals surface area (Å²) in [6.45, 7) is 0. The van der Waals surface area contributed by atoms with Crippen molar-refractivity contribution >= 4 is 28.8 Å². The van der Waals surface area contributed by atoms with Crippen LogP contribution in [0.3, 0.4) is 0 Å². The van der Waals surface area contributed by atoms with Crippen LogP contribution < -0.4 is 0 Å². The third kappa shape index (κ3) is 2.82. The largest absolute Gasteiger partial charge is 0.465 e. The number of carbonyl (C=O) groups is 3. The fourth-order valence-electron chi connectivity index (χ4n) is 1.23. The van der Waals surface area contributed by atoms with E-state index in [2.05, 4.69) is 9.47 Å². The van der Waals surface area contributed by atoms with Crippen LogP contribution in [0.15, 0.2) is 18.2 Å². The van der Waals surface area contributed by atoms with Gasteiger partial charge < -0.3 is 9.47 Å². The van der Waals surface area contributed by atoms with E-state index in [0.29, 0.717) is 0 Å². The molecule has 0 aliphatic rings. The molecule has 0 radical (unpaired) electrons. The molecule has 1 aromatic rings. The number of halogens is 1. The van der Waals surface area contributed by atoms with Gasteiger partial charge in [0.05, 0.1) is 25.3 Å². The molecular weight excluding hydrogens is 248 g/mol. The molecule has 6 heteroatoms. The molecule has 0 amide bonds. The summed E-state index contributed by atoms with van der Waals surface area (Å²) in [5.41, 5.74) is 0.0478. The van der Waals surface area contributed by atoms with Gasteiger partial charge in [0.25, 0.3) is 5.24 Å². The summed E-state index contributed by atoms with van der Waals surface area (Å²) < 4.78 is 9.01. The SMILES string of the molecule is COC(=O)c1ccc(C(=O)Cl)cc1C(=O)OC. The van der Waals surface area contributed by atoms with Gasteiger partial charge in [0.2, 0.25) is 0 Å². The monoisotopic (exact) mass is 256 g/mol. The van der Waals surface area contributed by atoms with Gasteiger partial charge in [-0.1, -0.05) is 0 Å². The van der Waals surface area contributed by atoms with Crippen molar-refractivity contribution in [1.29, 1.82) is 0 Å². The van der Waals surface area contributed by atoms with E-state index in [1.807, 2.05) is 0 Å². The lowest BCUT2D eigenvalue weighted by molar-refractivity contribution is 0.0555. The first-order valence-corrected chi connectivity index (χ1v) is 4.89. The molecule has 0 aromatic heterocycles. The molecule has 0 heterocycles. The molecule has 0 saturated carbocycles. The predicted octanol–water partition coefficient (Wildman–Crippen LogP) is 1.64. The molecule has 0 atom stereocenters. The van der Waals surface area contributed by atoms with Gasteiger partial charge in [-0.25, -0.2) is 9.59 Å². The zero-order chi connectivity index (χ0) is 13.0. The van der Waals surface area contributed by atoms with Gasteiger partial charge in [-0.3, -0.25) is 4.79 Å². The van der Waals surface area contributed by atoms with Gasteiger partial charge in [0, 0.05) is 5.56 Å². The van der Waals surface area contributed by atoms with E-state index >= 15 is 0 Å². The summed E-state index contributed by atoms with van der Waals surface area (Å²) in [5, 5.41) is -0.730. The molecule has 0 aliphatic heterocycles. The van der Waals surface area contributed by atoms with Crippen molar-refractivity contribution in [3.8, 4) is 0 Å². The maximum absolute atomic E-state index is 11.4. The molecule has 90 valence electrons. The highest BCUT2D eigenvalue weighted by Gasteiger charge is 2.19. The Morgan fingerprint density at radius 2 is 1.53 bits per heavy atom. The first-order valence-electron chi connectivity index (χ1n) is 4.51. The van der Waals surface area contributed by atoms with Crippen LogP contribution in [0, 0.1) is 0 Å². The van der Waals surface area contributed by atoms with Crippen LogP contribution in [-0.4, -0.2) is 31.4 Å². The highest BCUT2D eigenvalue weighted by Crippen LogP contribution is 2.16. The first-order chi connectivity index (χ1) is 8.01. The predicted molar refractivity (Wildman–Crippen MR) is 59.3 cm³/mol. The molecule has 0 saturated heterocycles. The van der Waals surface area contributed by atoms with Crippen molar-refractivity contribution in [2.75, 3.05) is 14.2 Å². The van der Waals surface area contributed by atoms with E-state index in [1.165, 1.54) is 32.4 Å². The quantitative estimate of drug-likeness (QED) is 0.607. The number of hydrogen-bond donors (Lipinski definition) is 0. The van der Waals surface area contributed by atoms with Gasteiger partial charge in [-0.2, -0.15) is 0 Å². The zero-order valence-electron chi connectivity index (χ0n) is 9.15. The zero-order valence-corrected chi connectivity index (χ0v) is 9.91. The van der Waals surface area contributed by atoms with Crippen molar-refractivity contribution in [3.05, 3.63) is 34.9 Å². The average molecular weight is 257 g/mol. The minimum absolute atomic E-state index is 0.0148. The van der Waals surface area contributed by atoms with Gasteiger partial charge in [0.1, 0.15) is 0 Å². The maximum atomic E-state index is 11.4. The Morgan fingerprint density at radius 1 is 1.00 bits per heavy atom. The highest BCUT2D eigenvalue weighted by atomic mass is 35.5. The Bertz CT molecular complexity index is 481. The third-order valence-corrected chi connectivity index (χ3v) is 2.28. The number of hydrogen-bond acceptors (Lipinski definition) is 5. The normalized spacial score (nSPS) is 9.59. The summed E-state index contributed by atoms with van der Waals surface area (Å²) in [5.74, 6) is -1.44. The first kappa shape index (κ1) is 13.2. The molecule has 5 nitrogen and oxygen atoms in total. The highest BCUT2D eigenvalue weighted by molar-refractivity contribution is 6.67. The Balaban J connectivity index is 3.36. The number of esters is 2. The smallest absolute Gasteiger partial charge is 0.338 e. The Morgan fingerprint density at radius 3 is 2.00 bits per heavy atom. The summed E-state index contributed by atoms with van der Waals surface area (Å²) in [7, 11) is 2.35. The lowest BCUT2D eigenvalue weighted by Crippen LogP contribution is -2.12. The second kappa shape index (κ2) is 5.45. The van der Waals surface area contributed by atoms with Gasteiger partial charge >= 0.3 is 11.9 Å². The molecule has 0 N–H and O–H groups in total. The lowest BCUT2D eigenvalue weighted by atomic mass is 10.0. The number of methoxy groups -OCH3 is 2. The van der Waals surface area contributed by atoms with E-state index in [0.717, 1.165) is 0 Å².